The van der Waals surface area contributed by atoms with E-state index in [-0.39, 0.29) is 34.5 Å². The predicted molar refractivity (Wildman–Crippen MR) is 127 cm³/mol. The number of hydrogen-bond donors (Lipinski definition) is 2. The average Bonchev–Trinajstić information content (AvgIpc) is 2.90. The van der Waals surface area contributed by atoms with Crippen LogP contribution in [0.5, 0.6) is 34.5 Å². The first-order valence-electron chi connectivity index (χ1n) is 11.3. The van der Waals surface area contributed by atoms with Gasteiger partial charge in [0.2, 0.25) is 11.5 Å². The Hall–Kier alpha value is -4.66. The molecule has 0 radical (unpaired) electrons. The predicted octanol–water partition coefficient (Wildman–Crippen LogP) is 4.09. The van der Waals surface area contributed by atoms with Crippen LogP contribution in [-0.2, 0) is 4.79 Å². The van der Waals surface area contributed by atoms with E-state index in [0.29, 0.717) is 41.6 Å². The molecule has 0 saturated heterocycles. The number of phenols is 2. The number of carbonyl (C=O) groups is 1. The van der Waals surface area contributed by atoms with Gasteiger partial charge in [-0.3, -0.25) is 9.59 Å². The number of rotatable bonds is 3. The molecule has 2 N–H and O–H groups in total. The van der Waals surface area contributed by atoms with E-state index in [0.717, 1.165) is 0 Å². The molecule has 36 heavy (non-hydrogen) atoms. The van der Waals surface area contributed by atoms with E-state index in [1.54, 1.807) is 36.4 Å². The molecule has 0 spiro atoms. The smallest absolute Gasteiger partial charge is 0.312 e. The lowest BCUT2D eigenvalue weighted by Gasteiger charge is -2.28. The summed E-state index contributed by atoms with van der Waals surface area (Å²) in [7, 11) is 1.49. The molecule has 0 saturated carbocycles. The zero-order chi connectivity index (χ0) is 25.0. The van der Waals surface area contributed by atoms with Gasteiger partial charge in [-0.2, -0.15) is 0 Å². The van der Waals surface area contributed by atoms with Crippen LogP contribution in [0.25, 0.3) is 22.3 Å². The molecule has 3 heterocycles. The average molecular weight is 488 g/mol. The van der Waals surface area contributed by atoms with Crippen LogP contribution in [0.15, 0.2) is 57.7 Å². The van der Waals surface area contributed by atoms with E-state index in [9.17, 15) is 19.8 Å². The molecule has 2 aliphatic heterocycles. The molecule has 2 aliphatic rings. The highest BCUT2D eigenvalue weighted by Crippen LogP contribution is 2.53. The van der Waals surface area contributed by atoms with Gasteiger partial charge in [-0.05, 0) is 17.7 Å². The molecule has 3 aromatic carbocycles. The van der Waals surface area contributed by atoms with E-state index in [1.165, 1.54) is 13.2 Å². The van der Waals surface area contributed by atoms with Crippen molar-refractivity contribution >= 4 is 16.9 Å². The van der Waals surface area contributed by atoms with Gasteiger partial charge >= 0.3 is 5.97 Å². The molecule has 9 nitrogen and oxygen atoms in total. The van der Waals surface area contributed by atoms with Gasteiger partial charge in [0.15, 0.2) is 28.4 Å². The third kappa shape index (κ3) is 3.31. The maximum Gasteiger partial charge on any atom is 0.312 e. The maximum absolute atomic E-state index is 13.1. The van der Waals surface area contributed by atoms with Crippen LogP contribution in [0, 0.1) is 0 Å². The van der Waals surface area contributed by atoms with Gasteiger partial charge in [-0.15, -0.1) is 0 Å². The van der Waals surface area contributed by atoms with E-state index in [4.69, 9.17) is 23.4 Å². The summed E-state index contributed by atoms with van der Waals surface area (Å²) >= 11 is 0. The third-order valence-electron chi connectivity index (χ3n) is 6.36. The zero-order valence-electron chi connectivity index (χ0n) is 19.1. The summed E-state index contributed by atoms with van der Waals surface area (Å²) in [5.41, 5.74) is 0.948. The Balaban J connectivity index is 1.66. The molecule has 0 fully saturated rings. The van der Waals surface area contributed by atoms with Gasteiger partial charge in [0.25, 0.3) is 0 Å². The standard InChI is InChI=1S/C27H20O9/c1-32-18-9-14(10-19-25(18)34-8-7-33-19)15-11-20(29)36-27-21(15)26-22(23(30)24(27)31)16(28)12-17(35-26)13-5-3-2-4-6-13/h2-6,9-10,12,15,30-31H,7-8,11H2,1H3/t15-/m1/s1. The van der Waals surface area contributed by atoms with Crippen molar-refractivity contribution in [3.05, 3.63) is 69.9 Å². The van der Waals surface area contributed by atoms with Crippen molar-refractivity contribution in [2.75, 3.05) is 20.3 Å². The summed E-state index contributed by atoms with van der Waals surface area (Å²) in [5.74, 6) is -1.48. The van der Waals surface area contributed by atoms with E-state index in [1.807, 2.05) is 6.07 Å². The number of aromatic hydroxyl groups is 2. The highest BCUT2D eigenvalue weighted by molar-refractivity contribution is 5.96. The van der Waals surface area contributed by atoms with Crippen LogP contribution >= 0.6 is 0 Å². The van der Waals surface area contributed by atoms with Gasteiger partial charge < -0.3 is 33.6 Å². The quantitative estimate of drug-likeness (QED) is 0.249. The molecule has 182 valence electrons. The van der Waals surface area contributed by atoms with Crippen molar-refractivity contribution < 1.29 is 38.4 Å². The Morgan fingerprint density at radius 1 is 0.944 bits per heavy atom. The zero-order valence-corrected chi connectivity index (χ0v) is 19.1. The van der Waals surface area contributed by atoms with Gasteiger partial charge in [0.05, 0.1) is 19.1 Å². The second kappa shape index (κ2) is 8.23. The van der Waals surface area contributed by atoms with Crippen molar-refractivity contribution in [1.29, 1.82) is 0 Å². The number of benzene rings is 3. The van der Waals surface area contributed by atoms with Gasteiger partial charge in [0.1, 0.15) is 29.9 Å². The molecule has 6 rings (SSSR count). The monoisotopic (exact) mass is 488 g/mol. The second-order valence-corrected chi connectivity index (χ2v) is 8.46. The molecule has 9 heteroatoms. The van der Waals surface area contributed by atoms with Crippen molar-refractivity contribution in [1.82, 2.24) is 0 Å². The number of esters is 1. The summed E-state index contributed by atoms with van der Waals surface area (Å²) < 4.78 is 28.5. The lowest BCUT2D eigenvalue weighted by atomic mass is 9.84. The van der Waals surface area contributed by atoms with Crippen LogP contribution in [0.3, 0.4) is 0 Å². The first-order valence-corrected chi connectivity index (χ1v) is 11.3. The summed E-state index contributed by atoms with van der Waals surface area (Å²) in [4.78, 5) is 25.7. The van der Waals surface area contributed by atoms with Crippen LogP contribution in [0.2, 0.25) is 0 Å². The molecular weight excluding hydrogens is 468 g/mol. The molecule has 0 aliphatic carbocycles. The highest BCUT2D eigenvalue weighted by Gasteiger charge is 2.37. The van der Waals surface area contributed by atoms with Crippen LogP contribution in [0.4, 0.5) is 0 Å². The number of fused-ring (bicyclic) bond motifs is 4. The van der Waals surface area contributed by atoms with E-state index in [2.05, 4.69) is 0 Å². The molecule has 0 unspecified atom stereocenters. The Morgan fingerprint density at radius 3 is 2.50 bits per heavy atom. The lowest BCUT2D eigenvalue weighted by Crippen LogP contribution is -2.23. The van der Waals surface area contributed by atoms with Crippen LogP contribution in [0.1, 0.15) is 23.5 Å². The fourth-order valence-corrected chi connectivity index (χ4v) is 4.73. The first-order chi connectivity index (χ1) is 17.5. The van der Waals surface area contributed by atoms with E-state index >= 15 is 0 Å². The van der Waals surface area contributed by atoms with Gasteiger partial charge in [-0.25, -0.2) is 0 Å². The normalized spacial score (nSPS) is 16.4. The minimum Gasteiger partial charge on any atom is -0.504 e. The Bertz CT molecular complexity index is 1570. The molecule has 1 aromatic heterocycles. The minimum absolute atomic E-state index is 0.0120. The van der Waals surface area contributed by atoms with Crippen molar-refractivity contribution in [2.45, 2.75) is 12.3 Å². The second-order valence-electron chi connectivity index (χ2n) is 8.46. The Kier molecular flexibility index (Phi) is 4.99. The number of ether oxygens (including phenoxy) is 4. The van der Waals surface area contributed by atoms with Gasteiger partial charge in [0, 0.05) is 17.5 Å². The maximum atomic E-state index is 13.1. The fraction of sp³-hybridized carbons (Fsp3) is 0.185. The van der Waals surface area contributed by atoms with Gasteiger partial charge in [-0.1, -0.05) is 30.3 Å². The summed E-state index contributed by atoms with van der Waals surface area (Å²) in [6, 6.07) is 13.7. The first kappa shape index (κ1) is 21.8. The summed E-state index contributed by atoms with van der Waals surface area (Å²) in [6.45, 7) is 0.711. The molecule has 1 atom stereocenters. The number of phenolic OH excluding ortho intramolecular Hbond substituents is 2. The number of carbonyl (C=O) groups excluding carboxylic acids is 1. The molecule has 0 amide bonds. The largest absolute Gasteiger partial charge is 0.504 e. The Morgan fingerprint density at radius 2 is 1.72 bits per heavy atom. The Labute approximate surface area is 204 Å². The lowest BCUT2D eigenvalue weighted by molar-refractivity contribution is -0.135. The minimum atomic E-state index is -0.717. The summed E-state index contributed by atoms with van der Waals surface area (Å²) in [6.07, 6.45) is -0.117. The third-order valence-corrected chi connectivity index (χ3v) is 6.36. The number of hydrogen-bond acceptors (Lipinski definition) is 9. The van der Waals surface area contributed by atoms with Crippen molar-refractivity contribution in [3.8, 4) is 45.8 Å². The molecule has 0 bridgehead atoms. The highest BCUT2D eigenvalue weighted by atomic mass is 16.6. The topological polar surface area (TPSA) is 125 Å². The van der Waals surface area contributed by atoms with Crippen LogP contribution in [-0.4, -0.2) is 36.5 Å². The number of methoxy groups -OCH3 is 1. The fourth-order valence-electron chi connectivity index (χ4n) is 4.73. The van der Waals surface area contributed by atoms with Crippen LogP contribution < -0.4 is 24.4 Å². The molecule has 4 aromatic rings. The van der Waals surface area contributed by atoms with Crippen molar-refractivity contribution in [3.63, 3.8) is 0 Å². The SMILES string of the molecule is COc1cc([C@H]2CC(=O)Oc3c(O)c(O)c4c(=O)cc(-c5ccccc5)oc4c32)cc2c1OCCO2. The molecular formula is C27H20O9. The van der Waals surface area contributed by atoms with E-state index < -0.39 is 28.8 Å². The summed E-state index contributed by atoms with van der Waals surface area (Å²) in [5, 5.41) is 21.2. The van der Waals surface area contributed by atoms with Crippen molar-refractivity contribution in [2.24, 2.45) is 0 Å².